The largest absolute Gasteiger partial charge is 0.455 e. The minimum atomic E-state index is -0.126. The smallest absolute Gasteiger partial charge is 0.160 e. The lowest BCUT2D eigenvalue weighted by molar-refractivity contribution is 0.660. The molecule has 0 saturated heterocycles. The molecule has 1 aliphatic rings. The van der Waals surface area contributed by atoms with Gasteiger partial charge in [-0.3, -0.25) is 0 Å². The minimum absolute atomic E-state index is 0.126. The first kappa shape index (κ1) is 32.3. The number of rotatable bonds is 5. The van der Waals surface area contributed by atoms with Gasteiger partial charge in [-0.05, 0) is 86.1 Å². The average Bonchev–Trinajstić information content (AvgIpc) is 3.75. The van der Waals surface area contributed by atoms with Crippen molar-refractivity contribution in [1.82, 2.24) is 9.97 Å². The molecule has 0 radical (unpaired) electrons. The van der Waals surface area contributed by atoms with Crippen LogP contribution in [0.3, 0.4) is 0 Å². The van der Waals surface area contributed by atoms with Gasteiger partial charge in [-0.1, -0.05) is 159 Å². The van der Waals surface area contributed by atoms with Crippen LogP contribution in [0, 0.1) is 0 Å². The molecule has 0 unspecified atom stereocenters. The molecule has 56 heavy (non-hydrogen) atoms. The van der Waals surface area contributed by atoms with Crippen molar-refractivity contribution in [2.75, 3.05) is 0 Å². The molecule has 0 amide bonds. The van der Waals surface area contributed by atoms with Gasteiger partial charge in [0, 0.05) is 38.4 Å². The fourth-order valence-corrected chi connectivity index (χ4v) is 8.86. The van der Waals surface area contributed by atoms with E-state index in [1.165, 1.54) is 38.6 Å². The third-order valence-electron chi connectivity index (χ3n) is 11.7. The summed E-state index contributed by atoms with van der Waals surface area (Å²) in [5.41, 5.74) is 16.1. The number of hydrogen-bond donors (Lipinski definition) is 0. The van der Waals surface area contributed by atoms with Crippen LogP contribution in [0.4, 0.5) is 0 Å². The number of para-hydroxylation sites is 2. The van der Waals surface area contributed by atoms with Crippen LogP contribution in [0.15, 0.2) is 186 Å². The number of benzene rings is 8. The second kappa shape index (κ2) is 12.5. The van der Waals surface area contributed by atoms with Crippen molar-refractivity contribution in [1.29, 1.82) is 0 Å². The molecule has 0 aliphatic heterocycles. The Morgan fingerprint density at radius 2 is 1.00 bits per heavy atom. The first-order valence-electron chi connectivity index (χ1n) is 19.2. The van der Waals surface area contributed by atoms with Crippen molar-refractivity contribution in [3.05, 3.63) is 193 Å². The van der Waals surface area contributed by atoms with Gasteiger partial charge in [-0.25, -0.2) is 9.97 Å². The van der Waals surface area contributed by atoms with E-state index in [0.29, 0.717) is 5.82 Å². The summed E-state index contributed by atoms with van der Waals surface area (Å²) in [7, 11) is 0. The van der Waals surface area contributed by atoms with Gasteiger partial charge in [0.1, 0.15) is 11.2 Å². The van der Waals surface area contributed by atoms with Gasteiger partial charge in [0.15, 0.2) is 5.82 Å². The lowest BCUT2D eigenvalue weighted by Gasteiger charge is -2.22. The van der Waals surface area contributed by atoms with Crippen LogP contribution in [-0.4, -0.2) is 9.97 Å². The average molecular weight is 717 g/mol. The highest BCUT2D eigenvalue weighted by atomic mass is 16.3. The number of nitrogens with zero attached hydrogens (tertiary/aromatic N) is 2. The molecule has 3 heteroatoms. The minimum Gasteiger partial charge on any atom is -0.455 e. The Morgan fingerprint density at radius 1 is 0.393 bits per heavy atom. The number of fused-ring (bicyclic) bond motifs is 7. The van der Waals surface area contributed by atoms with E-state index in [9.17, 15) is 0 Å². The predicted molar refractivity (Wildman–Crippen MR) is 232 cm³/mol. The summed E-state index contributed by atoms with van der Waals surface area (Å²) in [6.45, 7) is 4.65. The van der Waals surface area contributed by atoms with Crippen molar-refractivity contribution < 1.29 is 4.42 Å². The van der Waals surface area contributed by atoms with E-state index in [1.807, 2.05) is 30.3 Å². The predicted octanol–water partition coefficient (Wildman–Crippen LogP) is 14.2. The third-order valence-corrected chi connectivity index (χ3v) is 11.7. The van der Waals surface area contributed by atoms with E-state index >= 15 is 0 Å². The number of furan rings is 1. The Labute approximate surface area is 325 Å². The Kier molecular flexibility index (Phi) is 7.20. The molecule has 0 saturated carbocycles. The molecule has 2 aromatic heterocycles. The highest BCUT2D eigenvalue weighted by molar-refractivity contribution is 6.10. The second-order valence-electron chi connectivity index (χ2n) is 15.4. The number of aromatic nitrogens is 2. The van der Waals surface area contributed by atoms with Crippen LogP contribution in [0.2, 0.25) is 0 Å². The molecule has 11 rings (SSSR count). The lowest BCUT2D eigenvalue weighted by Crippen LogP contribution is -2.14. The second-order valence-corrected chi connectivity index (χ2v) is 15.4. The molecule has 0 N–H and O–H groups in total. The maximum Gasteiger partial charge on any atom is 0.160 e. The van der Waals surface area contributed by atoms with Gasteiger partial charge >= 0.3 is 0 Å². The summed E-state index contributed by atoms with van der Waals surface area (Å²) in [6, 6.07) is 64.8. The summed E-state index contributed by atoms with van der Waals surface area (Å²) in [5, 5.41) is 4.62. The molecular formula is C53H36N2O. The first-order valence-corrected chi connectivity index (χ1v) is 19.2. The molecule has 2 heterocycles. The van der Waals surface area contributed by atoms with Crippen LogP contribution in [0.25, 0.3) is 100.0 Å². The molecule has 8 aromatic carbocycles. The van der Waals surface area contributed by atoms with Gasteiger partial charge in [-0.15, -0.1) is 0 Å². The third kappa shape index (κ3) is 5.12. The Morgan fingerprint density at radius 3 is 1.88 bits per heavy atom. The monoisotopic (exact) mass is 716 g/mol. The van der Waals surface area contributed by atoms with E-state index < -0.39 is 0 Å². The summed E-state index contributed by atoms with van der Waals surface area (Å²) >= 11 is 0. The Bertz CT molecular complexity index is 3170. The summed E-state index contributed by atoms with van der Waals surface area (Å²) in [5.74, 6) is 0.692. The van der Waals surface area contributed by atoms with Gasteiger partial charge < -0.3 is 4.42 Å². The standard InChI is InChI=1S/C53H36N2O/c1-53(2)46-24-10-8-19-42(46)43-27-26-35(31-47(43)53)48-32-49(55-52(54-48)34-15-4-3-5-16-34)38-29-36(40-21-12-17-33-14-6-7-18-39(33)40)28-37(30-38)41-22-13-23-45-44-20-9-11-25-50(44)56-51(41)45/h3-32H,1-2H3. The fourth-order valence-electron chi connectivity index (χ4n) is 8.86. The maximum absolute atomic E-state index is 6.60. The van der Waals surface area contributed by atoms with E-state index in [2.05, 4.69) is 166 Å². The van der Waals surface area contributed by atoms with Crippen molar-refractivity contribution in [2.45, 2.75) is 19.3 Å². The van der Waals surface area contributed by atoms with Crippen LogP contribution < -0.4 is 0 Å². The fraction of sp³-hybridized carbons (Fsp3) is 0.0566. The van der Waals surface area contributed by atoms with Crippen molar-refractivity contribution in [2.24, 2.45) is 0 Å². The summed E-state index contributed by atoms with van der Waals surface area (Å²) in [4.78, 5) is 10.6. The summed E-state index contributed by atoms with van der Waals surface area (Å²) < 4.78 is 6.60. The zero-order chi connectivity index (χ0) is 37.4. The van der Waals surface area contributed by atoms with Crippen LogP contribution in [0.5, 0.6) is 0 Å². The van der Waals surface area contributed by atoms with E-state index in [0.717, 1.165) is 66.7 Å². The molecule has 3 nitrogen and oxygen atoms in total. The normalized spacial score (nSPS) is 13.0. The topological polar surface area (TPSA) is 38.9 Å². The SMILES string of the molecule is CC1(C)c2ccccc2-c2ccc(-c3cc(-c4cc(-c5cccc6ccccc56)cc(-c5cccc6c5oc5ccccc56)c4)nc(-c4ccccc4)n3)cc21. The molecule has 1 aliphatic carbocycles. The van der Waals surface area contributed by atoms with Crippen molar-refractivity contribution in [3.63, 3.8) is 0 Å². The van der Waals surface area contributed by atoms with E-state index in [1.54, 1.807) is 0 Å². The highest BCUT2D eigenvalue weighted by Gasteiger charge is 2.35. The van der Waals surface area contributed by atoms with Crippen molar-refractivity contribution >= 4 is 32.7 Å². The Balaban J connectivity index is 1.16. The zero-order valence-electron chi connectivity index (χ0n) is 31.1. The lowest BCUT2D eigenvalue weighted by atomic mass is 9.82. The van der Waals surface area contributed by atoms with Crippen LogP contribution in [-0.2, 0) is 5.41 Å². The van der Waals surface area contributed by atoms with Gasteiger partial charge in [0.05, 0.1) is 11.4 Å². The van der Waals surface area contributed by atoms with E-state index in [4.69, 9.17) is 14.4 Å². The van der Waals surface area contributed by atoms with Gasteiger partial charge in [0.25, 0.3) is 0 Å². The quantitative estimate of drug-likeness (QED) is 0.178. The van der Waals surface area contributed by atoms with E-state index in [-0.39, 0.29) is 5.41 Å². The molecule has 0 fully saturated rings. The van der Waals surface area contributed by atoms with Gasteiger partial charge in [0.2, 0.25) is 0 Å². The molecule has 0 spiro atoms. The molecular weight excluding hydrogens is 681 g/mol. The van der Waals surface area contributed by atoms with Crippen LogP contribution >= 0.6 is 0 Å². The first-order chi connectivity index (χ1) is 27.5. The molecule has 264 valence electrons. The molecule has 10 aromatic rings. The van der Waals surface area contributed by atoms with Gasteiger partial charge in [-0.2, -0.15) is 0 Å². The van der Waals surface area contributed by atoms with Crippen LogP contribution in [0.1, 0.15) is 25.0 Å². The number of hydrogen-bond acceptors (Lipinski definition) is 3. The molecule has 0 atom stereocenters. The maximum atomic E-state index is 6.60. The summed E-state index contributed by atoms with van der Waals surface area (Å²) in [6.07, 6.45) is 0. The highest BCUT2D eigenvalue weighted by Crippen LogP contribution is 2.50. The Hall–Kier alpha value is -7.10. The molecule has 0 bridgehead atoms. The zero-order valence-corrected chi connectivity index (χ0v) is 31.1. The van der Waals surface area contributed by atoms with Crippen molar-refractivity contribution in [3.8, 4) is 67.3 Å².